The predicted octanol–water partition coefficient (Wildman–Crippen LogP) is 1.76. The molecule has 23 heavy (non-hydrogen) atoms. The fourth-order valence-corrected chi connectivity index (χ4v) is 4.44. The largest absolute Gasteiger partial charge is 0.385 e. The smallest absolute Gasteiger partial charge is 0.225 e. The summed E-state index contributed by atoms with van der Waals surface area (Å²) in [5.41, 5.74) is -0.0452. The second-order valence-electron chi connectivity index (χ2n) is 7.57. The first kappa shape index (κ1) is 17.2. The van der Waals surface area contributed by atoms with Crippen LogP contribution in [0.3, 0.4) is 0 Å². The van der Waals surface area contributed by atoms with Crippen LogP contribution in [0, 0.1) is 11.8 Å². The van der Waals surface area contributed by atoms with E-state index in [0.717, 1.165) is 78.0 Å². The molecule has 0 aliphatic carbocycles. The van der Waals surface area contributed by atoms with E-state index in [2.05, 4.69) is 11.8 Å². The Bertz CT molecular complexity index is 401. The SMILES string of the molecule is CCN1CCC(C(=O)N2CC3(C[C@@H](CCOC)CCO3)C2)CC1. The van der Waals surface area contributed by atoms with E-state index in [1.807, 2.05) is 4.90 Å². The summed E-state index contributed by atoms with van der Waals surface area (Å²) in [6.45, 7) is 8.73. The molecule has 0 unspecified atom stereocenters. The number of rotatable bonds is 5. The molecule has 1 amide bonds. The second kappa shape index (κ2) is 7.49. The van der Waals surface area contributed by atoms with Crippen molar-refractivity contribution in [3.05, 3.63) is 0 Å². The van der Waals surface area contributed by atoms with Crippen molar-refractivity contribution in [1.82, 2.24) is 9.80 Å². The van der Waals surface area contributed by atoms with Gasteiger partial charge < -0.3 is 19.3 Å². The Morgan fingerprint density at radius 2 is 2.00 bits per heavy atom. The van der Waals surface area contributed by atoms with E-state index in [9.17, 15) is 4.79 Å². The zero-order chi connectivity index (χ0) is 16.3. The highest BCUT2D eigenvalue weighted by Gasteiger charge is 2.50. The van der Waals surface area contributed by atoms with Crippen molar-refractivity contribution in [3.63, 3.8) is 0 Å². The van der Waals surface area contributed by atoms with Gasteiger partial charge in [-0.2, -0.15) is 0 Å². The van der Waals surface area contributed by atoms with E-state index >= 15 is 0 Å². The van der Waals surface area contributed by atoms with Gasteiger partial charge in [0.25, 0.3) is 0 Å². The fourth-order valence-electron chi connectivity index (χ4n) is 4.44. The number of nitrogens with zero attached hydrogens (tertiary/aromatic N) is 2. The highest BCUT2D eigenvalue weighted by atomic mass is 16.5. The van der Waals surface area contributed by atoms with Gasteiger partial charge in [0.2, 0.25) is 5.91 Å². The van der Waals surface area contributed by atoms with Gasteiger partial charge in [-0.15, -0.1) is 0 Å². The van der Waals surface area contributed by atoms with Crippen LogP contribution in [0.1, 0.15) is 39.0 Å². The van der Waals surface area contributed by atoms with Gasteiger partial charge in [-0.3, -0.25) is 4.79 Å². The van der Waals surface area contributed by atoms with Crippen LogP contribution in [0.5, 0.6) is 0 Å². The van der Waals surface area contributed by atoms with Crippen LogP contribution in [0.15, 0.2) is 0 Å². The van der Waals surface area contributed by atoms with E-state index in [1.54, 1.807) is 7.11 Å². The first-order valence-corrected chi connectivity index (χ1v) is 9.30. The molecule has 0 aromatic rings. The Morgan fingerprint density at radius 3 is 2.65 bits per heavy atom. The molecule has 5 heteroatoms. The maximum Gasteiger partial charge on any atom is 0.225 e. The molecule has 0 N–H and O–H groups in total. The van der Waals surface area contributed by atoms with Crippen LogP contribution < -0.4 is 0 Å². The molecule has 1 atom stereocenters. The molecule has 0 aromatic carbocycles. The number of methoxy groups -OCH3 is 1. The third-order valence-corrected chi connectivity index (χ3v) is 5.98. The van der Waals surface area contributed by atoms with Gasteiger partial charge in [-0.1, -0.05) is 6.92 Å². The molecule has 132 valence electrons. The molecule has 3 rings (SSSR count). The standard InChI is InChI=1S/C18H32N2O3/c1-3-19-8-4-16(5-9-19)17(21)20-13-18(14-20)12-15(6-10-22-2)7-11-23-18/h15-16H,3-14H2,1-2H3/t15-/m0/s1. The maximum absolute atomic E-state index is 12.7. The third-order valence-electron chi connectivity index (χ3n) is 5.98. The summed E-state index contributed by atoms with van der Waals surface area (Å²) in [5, 5.41) is 0. The van der Waals surface area contributed by atoms with Crippen LogP contribution in [0.25, 0.3) is 0 Å². The Labute approximate surface area is 140 Å². The second-order valence-corrected chi connectivity index (χ2v) is 7.57. The predicted molar refractivity (Wildman–Crippen MR) is 89.3 cm³/mol. The molecule has 0 aromatic heterocycles. The van der Waals surface area contributed by atoms with Crippen molar-refractivity contribution in [1.29, 1.82) is 0 Å². The zero-order valence-corrected chi connectivity index (χ0v) is 14.8. The quantitative estimate of drug-likeness (QED) is 0.773. The fraction of sp³-hybridized carbons (Fsp3) is 0.944. The molecule has 3 aliphatic heterocycles. The van der Waals surface area contributed by atoms with E-state index in [4.69, 9.17) is 9.47 Å². The number of hydrogen-bond donors (Lipinski definition) is 0. The van der Waals surface area contributed by atoms with Crippen LogP contribution in [-0.2, 0) is 14.3 Å². The Morgan fingerprint density at radius 1 is 1.26 bits per heavy atom. The van der Waals surface area contributed by atoms with Crippen molar-refractivity contribution in [2.45, 2.75) is 44.6 Å². The molecule has 1 spiro atoms. The minimum Gasteiger partial charge on any atom is -0.385 e. The van der Waals surface area contributed by atoms with Crippen LogP contribution in [0.2, 0.25) is 0 Å². The molecular weight excluding hydrogens is 292 g/mol. The van der Waals surface area contributed by atoms with Crippen LogP contribution >= 0.6 is 0 Å². The third kappa shape index (κ3) is 3.89. The summed E-state index contributed by atoms with van der Waals surface area (Å²) in [4.78, 5) is 17.2. The van der Waals surface area contributed by atoms with Crippen molar-refractivity contribution < 1.29 is 14.3 Å². The van der Waals surface area contributed by atoms with Gasteiger partial charge in [-0.25, -0.2) is 0 Å². The number of piperidine rings is 1. The molecule has 3 aliphatic rings. The monoisotopic (exact) mass is 324 g/mol. The average Bonchev–Trinajstić information content (AvgIpc) is 2.57. The Hall–Kier alpha value is -0.650. The number of likely N-dealkylation sites (tertiary alicyclic amines) is 2. The maximum atomic E-state index is 12.7. The summed E-state index contributed by atoms with van der Waals surface area (Å²) in [7, 11) is 1.77. The number of ether oxygens (including phenoxy) is 2. The number of carbonyl (C=O) groups is 1. The van der Waals surface area contributed by atoms with Gasteiger partial charge in [0, 0.05) is 26.2 Å². The van der Waals surface area contributed by atoms with Crippen molar-refractivity contribution in [2.24, 2.45) is 11.8 Å². The molecule has 3 heterocycles. The van der Waals surface area contributed by atoms with E-state index in [1.165, 1.54) is 0 Å². The summed E-state index contributed by atoms with van der Waals surface area (Å²) in [6.07, 6.45) is 5.38. The lowest BCUT2D eigenvalue weighted by Crippen LogP contribution is -2.67. The summed E-state index contributed by atoms with van der Waals surface area (Å²) < 4.78 is 11.3. The minimum atomic E-state index is -0.0452. The molecule has 3 fully saturated rings. The lowest BCUT2D eigenvalue weighted by atomic mass is 9.78. The average molecular weight is 324 g/mol. The first-order chi connectivity index (χ1) is 11.2. The van der Waals surface area contributed by atoms with Gasteiger partial charge in [-0.05, 0) is 57.7 Å². The van der Waals surface area contributed by atoms with Crippen LogP contribution in [0.4, 0.5) is 0 Å². The minimum absolute atomic E-state index is 0.0452. The first-order valence-electron chi connectivity index (χ1n) is 9.30. The number of amides is 1. The molecule has 0 radical (unpaired) electrons. The van der Waals surface area contributed by atoms with E-state index in [-0.39, 0.29) is 11.5 Å². The van der Waals surface area contributed by atoms with Crippen molar-refractivity contribution in [2.75, 3.05) is 53.0 Å². The van der Waals surface area contributed by atoms with E-state index in [0.29, 0.717) is 11.8 Å². The van der Waals surface area contributed by atoms with Gasteiger partial charge in [0.1, 0.15) is 5.60 Å². The summed E-state index contributed by atoms with van der Waals surface area (Å²) in [6, 6.07) is 0. The van der Waals surface area contributed by atoms with E-state index < -0.39 is 0 Å². The summed E-state index contributed by atoms with van der Waals surface area (Å²) in [5.74, 6) is 1.30. The number of hydrogen-bond acceptors (Lipinski definition) is 4. The normalized spacial score (nSPS) is 28.8. The molecule has 0 saturated carbocycles. The number of carbonyl (C=O) groups excluding carboxylic acids is 1. The van der Waals surface area contributed by atoms with Gasteiger partial charge >= 0.3 is 0 Å². The highest BCUT2D eigenvalue weighted by molar-refractivity contribution is 5.80. The lowest BCUT2D eigenvalue weighted by Gasteiger charge is -2.54. The van der Waals surface area contributed by atoms with Crippen LogP contribution in [-0.4, -0.2) is 74.4 Å². The molecule has 0 bridgehead atoms. The lowest BCUT2D eigenvalue weighted by molar-refractivity contribution is -0.192. The van der Waals surface area contributed by atoms with Gasteiger partial charge in [0.05, 0.1) is 13.1 Å². The summed E-state index contributed by atoms with van der Waals surface area (Å²) >= 11 is 0. The van der Waals surface area contributed by atoms with Gasteiger partial charge in [0.15, 0.2) is 0 Å². The van der Waals surface area contributed by atoms with Crippen molar-refractivity contribution in [3.8, 4) is 0 Å². The molecule has 5 nitrogen and oxygen atoms in total. The highest BCUT2D eigenvalue weighted by Crippen LogP contribution is 2.39. The molecular formula is C18H32N2O3. The van der Waals surface area contributed by atoms with Crippen molar-refractivity contribution >= 4 is 5.91 Å². The Balaban J connectivity index is 1.45. The Kier molecular flexibility index (Phi) is 5.60. The molecule has 3 saturated heterocycles. The topological polar surface area (TPSA) is 42.0 Å². The zero-order valence-electron chi connectivity index (χ0n) is 14.8.